The van der Waals surface area contributed by atoms with Gasteiger partial charge >= 0.3 is 5.97 Å². The standard InChI is InChI=1S/C9H16N2O6S/c1-3-7(17-11(15)16)8(12)10-6(9(13)14)4-5-18-2/h6-7H,3-5H2,1-2H3,(H,10,12)(H,13,14). The molecule has 0 fully saturated rings. The van der Waals surface area contributed by atoms with Gasteiger partial charge in [0.1, 0.15) is 6.04 Å². The minimum atomic E-state index is -1.28. The van der Waals surface area contributed by atoms with Crippen molar-refractivity contribution in [2.75, 3.05) is 12.0 Å². The van der Waals surface area contributed by atoms with E-state index < -0.39 is 29.1 Å². The smallest absolute Gasteiger partial charge is 0.326 e. The van der Waals surface area contributed by atoms with Gasteiger partial charge in [-0.25, -0.2) is 4.79 Å². The molecule has 104 valence electrons. The van der Waals surface area contributed by atoms with Crippen molar-refractivity contribution in [3.8, 4) is 0 Å². The molecule has 9 heteroatoms. The molecule has 0 radical (unpaired) electrons. The number of hydrogen-bond donors (Lipinski definition) is 2. The van der Waals surface area contributed by atoms with Crippen LogP contribution in [0, 0.1) is 10.1 Å². The fourth-order valence-electron chi connectivity index (χ4n) is 1.17. The van der Waals surface area contributed by atoms with Crippen molar-refractivity contribution in [2.24, 2.45) is 0 Å². The molecule has 0 spiro atoms. The molecule has 0 bridgehead atoms. The molecule has 0 saturated carbocycles. The van der Waals surface area contributed by atoms with Gasteiger partial charge in [-0.1, -0.05) is 6.92 Å². The van der Waals surface area contributed by atoms with Crippen LogP contribution < -0.4 is 5.32 Å². The normalized spacial score (nSPS) is 13.4. The zero-order valence-corrected chi connectivity index (χ0v) is 10.9. The highest BCUT2D eigenvalue weighted by atomic mass is 32.2. The first kappa shape index (κ1) is 16.5. The SMILES string of the molecule is CCC(O[N+](=O)[O-])C(=O)NC(CCSC)C(=O)O. The summed E-state index contributed by atoms with van der Waals surface area (Å²) in [6.07, 6.45) is 0.862. The summed E-state index contributed by atoms with van der Waals surface area (Å²) in [6.45, 7) is 1.53. The zero-order valence-electron chi connectivity index (χ0n) is 10.1. The van der Waals surface area contributed by atoms with E-state index in [4.69, 9.17) is 5.11 Å². The Bertz CT molecular complexity index is 311. The van der Waals surface area contributed by atoms with Gasteiger partial charge < -0.3 is 15.3 Å². The van der Waals surface area contributed by atoms with Crippen LogP contribution in [0.3, 0.4) is 0 Å². The number of nitrogens with zero attached hydrogens (tertiary/aromatic N) is 1. The second kappa shape index (κ2) is 8.56. The molecule has 1 amide bonds. The lowest BCUT2D eigenvalue weighted by Crippen LogP contribution is -2.46. The Hall–Kier alpha value is -1.51. The zero-order chi connectivity index (χ0) is 14.1. The van der Waals surface area contributed by atoms with E-state index in [-0.39, 0.29) is 12.8 Å². The van der Waals surface area contributed by atoms with Crippen molar-refractivity contribution in [2.45, 2.75) is 31.9 Å². The highest BCUT2D eigenvalue weighted by Crippen LogP contribution is 2.04. The van der Waals surface area contributed by atoms with Crippen molar-refractivity contribution in [1.82, 2.24) is 5.32 Å². The van der Waals surface area contributed by atoms with Crippen LogP contribution in [-0.2, 0) is 14.4 Å². The summed E-state index contributed by atoms with van der Waals surface area (Å²) >= 11 is 1.45. The molecule has 0 saturated heterocycles. The first-order chi connectivity index (χ1) is 8.42. The molecule has 0 aromatic carbocycles. The van der Waals surface area contributed by atoms with Crippen LogP contribution in [0.15, 0.2) is 0 Å². The minimum Gasteiger partial charge on any atom is -0.480 e. The van der Waals surface area contributed by atoms with E-state index >= 15 is 0 Å². The Balaban J connectivity index is 4.46. The maximum atomic E-state index is 11.6. The van der Waals surface area contributed by atoms with Gasteiger partial charge in [-0.05, 0) is 24.9 Å². The summed E-state index contributed by atoms with van der Waals surface area (Å²) in [5.74, 6) is -1.40. The third-order valence-corrected chi connectivity index (χ3v) is 2.75. The quantitative estimate of drug-likeness (QED) is 0.460. The Morgan fingerprint density at radius 2 is 2.17 bits per heavy atom. The van der Waals surface area contributed by atoms with Crippen LogP contribution in [0.1, 0.15) is 19.8 Å². The lowest BCUT2D eigenvalue weighted by molar-refractivity contribution is -0.764. The van der Waals surface area contributed by atoms with E-state index in [0.717, 1.165) is 0 Å². The highest BCUT2D eigenvalue weighted by Gasteiger charge is 2.26. The Morgan fingerprint density at radius 3 is 2.56 bits per heavy atom. The summed E-state index contributed by atoms with van der Waals surface area (Å²) in [5, 5.41) is 20.2. The molecule has 0 aromatic rings. The topological polar surface area (TPSA) is 119 Å². The van der Waals surface area contributed by atoms with Gasteiger partial charge in [0, 0.05) is 0 Å². The fourth-order valence-corrected chi connectivity index (χ4v) is 1.64. The summed E-state index contributed by atoms with van der Waals surface area (Å²) < 4.78 is 0. The summed E-state index contributed by atoms with van der Waals surface area (Å²) in [6, 6.07) is -1.06. The number of carboxylic acids is 1. The maximum absolute atomic E-state index is 11.6. The number of amides is 1. The highest BCUT2D eigenvalue weighted by molar-refractivity contribution is 7.98. The van der Waals surface area contributed by atoms with Gasteiger partial charge in [-0.15, -0.1) is 10.1 Å². The third kappa shape index (κ3) is 6.28. The van der Waals surface area contributed by atoms with Crippen LogP contribution in [0.4, 0.5) is 0 Å². The molecule has 0 heterocycles. The summed E-state index contributed by atoms with van der Waals surface area (Å²) in [4.78, 5) is 36.8. The van der Waals surface area contributed by atoms with Crippen LogP contribution in [0.25, 0.3) is 0 Å². The number of hydrogen-bond acceptors (Lipinski definition) is 6. The maximum Gasteiger partial charge on any atom is 0.326 e. The van der Waals surface area contributed by atoms with E-state index in [2.05, 4.69) is 10.2 Å². The first-order valence-corrected chi connectivity index (χ1v) is 6.65. The number of aliphatic carboxylic acids is 1. The Kier molecular flexibility index (Phi) is 7.84. The summed E-state index contributed by atoms with van der Waals surface area (Å²) in [5.41, 5.74) is 0. The van der Waals surface area contributed by atoms with Crippen molar-refractivity contribution < 1.29 is 24.6 Å². The second-order valence-electron chi connectivity index (χ2n) is 3.41. The van der Waals surface area contributed by atoms with E-state index in [1.807, 2.05) is 6.26 Å². The number of rotatable bonds is 9. The molecule has 2 atom stereocenters. The van der Waals surface area contributed by atoms with Gasteiger partial charge in [0.25, 0.3) is 5.09 Å². The predicted molar refractivity (Wildman–Crippen MR) is 64.7 cm³/mol. The van der Waals surface area contributed by atoms with E-state index in [0.29, 0.717) is 5.75 Å². The molecule has 0 aliphatic heterocycles. The molecule has 8 nitrogen and oxygen atoms in total. The van der Waals surface area contributed by atoms with Gasteiger partial charge in [-0.2, -0.15) is 11.8 Å². The number of carbonyl (C=O) groups is 2. The van der Waals surface area contributed by atoms with E-state index in [1.165, 1.54) is 18.7 Å². The lowest BCUT2D eigenvalue weighted by atomic mass is 10.2. The van der Waals surface area contributed by atoms with Crippen LogP contribution in [0.2, 0.25) is 0 Å². The van der Waals surface area contributed by atoms with Crippen molar-refractivity contribution in [3.63, 3.8) is 0 Å². The van der Waals surface area contributed by atoms with E-state index in [1.54, 1.807) is 0 Å². The third-order valence-electron chi connectivity index (χ3n) is 2.10. The van der Waals surface area contributed by atoms with Gasteiger partial charge in [0.05, 0.1) is 0 Å². The molecule has 0 aliphatic carbocycles. The Labute approximate surface area is 108 Å². The molecule has 18 heavy (non-hydrogen) atoms. The number of nitrogens with one attached hydrogen (secondary N) is 1. The van der Waals surface area contributed by atoms with Crippen LogP contribution >= 0.6 is 11.8 Å². The fraction of sp³-hybridized carbons (Fsp3) is 0.778. The predicted octanol–water partition coefficient (Wildman–Crippen LogP) is 0.296. The number of carboxylic acid groups (broad SMARTS) is 1. The number of thioether (sulfide) groups is 1. The molecule has 2 N–H and O–H groups in total. The van der Waals surface area contributed by atoms with Crippen LogP contribution in [0.5, 0.6) is 0 Å². The average Bonchev–Trinajstić information content (AvgIpc) is 2.30. The minimum absolute atomic E-state index is 0.0850. The van der Waals surface area contributed by atoms with Gasteiger partial charge in [-0.3, -0.25) is 4.79 Å². The largest absolute Gasteiger partial charge is 0.480 e. The van der Waals surface area contributed by atoms with Gasteiger partial charge in [0.2, 0.25) is 5.91 Å². The van der Waals surface area contributed by atoms with Crippen molar-refractivity contribution in [1.29, 1.82) is 0 Å². The average molecular weight is 280 g/mol. The molecule has 0 aliphatic rings. The molecule has 2 unspecified atom stereocenters. The number of carbonyl (C=O) groups excluding carboxylic acids is 1. The Morgan fingerprint density at radius 1 is 1.56 bits per heavy atom. The molecular formula is C9H16N2O6S. The van der Waals surface area contributed by atoms with E-state index in [9.17, 15) is 19.7 Å². The van der Waals surface area contributed by atoms with Gasteiger partial charge in [0.15, 0.2) is 6.10 Å². The molecule has 0 rings (SSSR count). The second-order valence-corrected chi connectivity index (χ2v) is 4.39. The molecule has 0 aromatic heterocycles. The van der Waals surface area contributed by atoms with Crippen molar-refractivity contribution >= 4 is 23.6 Å². The first-order valence-electron chi connectivity index (χ1n) is 5.25. The monoisotopic (exact) mass is 280 g/mol. The van der Waals surface area contributed by atoms with Crippen molar-refractivity contribution in [3.05, 3.63) is 10.1 Å². The summed E-state index contributed by atoms with van der Waals surface area (Å²) in [7, 11) is 0. The van der Waals surface area contributed by atoms with Crippen LogP contribution in [-0.4, -0.2) is 46.2 Å². The lowest BCUT2D eigenvalue weighted by Gasteiger charge is -2.17. The molecular weight excluding hydrogens is 264 g/mol.